The van der Waals surface area contributed by atoms with Gasteiger partial charge in [-0.3, -0.25) is 0 Å². The molecule has 0 spiro atoms. The first-order chi connectivity index (χ1) is 6.98. The molecule has 0 aliphatic carbocycles. The van der Waals surface area contributed by atoms with Crippen molar-refractivity contribution >= 4 is 6.09 Å². The van der Waals surface area contributed by atoms with Crippen LogP contribution in [0, 0.1) is 0 Å². The summed E-state index contributed by atoms with van der Waals surface area (Å²) in [5, 5.41) is 8.10. The number of aliphatic hydroxyl groups excluding tert-OH is 1. The van der Waals surface area contributed by atoms with E-state index in [9.17, 15) is 13.6 Å². The molecule has 0 unspecified atom stereocenters. The molecule has 0 aliphatic heterocycles. The van der Waals surface area contributed by atoms with Crippen LogP contribution in [0.4, 0.5) is 13.6 Å². The van der Waals surface area contributed by atoms with Gasteiger partial charge in [0, 0.05) is 13.0 Å². The van der Waals surface area contributed by atoms with Crippen molar-refractivity contribution in [2.45, 2.75) is 52.1 Å². The molecule has 3 N–H and O–H groups in total. The van der Waals surface area contributed by atoms with Gasteiger partial charge in [-0.15, -0.1) is 0 Å². The van der Waals surface area contributed by atoms with Gasteiger partial charge in [0.05, 0.1) is 0 Å². The predicted molar refractivity (Wildman–Crippen MR) is 57.4 cm³/mol. The molecule has 0 radical (unpaired) electrons. The van der Waals surface area contributed by atoms with Gasteiger partial charge in [0.1, 0.15) is 5.60 Å². The average Bonchev–Trinajstić information content (AvgIpc) is 1.95. The lowest BCUT2D eigenvalue weighted by molar-refractivity contribution is 0.00675. The number of rotatable bonds is 3. The molecule has 0 heterocycles. The molecule has 0 fully saturated rings. The highest BCUT2D eigenvalue weighted by Gasteiger charge is 2.19. The average molecular weight is 241 g/mol. The van der Waals surface area contributed by atoms with Gasteiger partial charge in [-0.2, -0.15) is 0 Å². The molecule has 0 rings (SSSR count). The first-order valence-corrected chi connectivity index (χ1v) is 4.95. The van der Waals surface area contributed by atoms with E-state index < -0.39 is 17.6 Å². The van der Waals surface area contributed by atoms with Crippen LogP contribution >= 0.6 is 0 Å². The summed E-state index contributed by atoms with van der Waals surface area (Å²) >= 11 is 0. The lowest BCUT2D eigenvalue weighted by atomic mass is 10.2. The predicted octanol–water partition coefficient (Wildman–Crippen LogP) is 2.29. The fraction of sp³-hybridized carbons (Fsp3) is 0.900. The van der Waals surface area contributed by atoms with Crippen LogP contribution in [0.15, 0.2) is 0 Å². The van der Waals surface area contributed by atoms with Gasteiger partial charge >= 0.3 is 6.09 Å². The van der Waals surface area contributed by atoms with Crippen LogP contribution < -0.4 is 5.73 Å². The molecule has 0 aromatic carbocycles. The monoisotopic (exact) mass is 241 g/mol. The molecule has 0 aliphatic rings. The van der Waals surface area contributed by atoms with Gasteiger partial charge in [0.15, 0.2) is 0 Å². The molecule has 0 saturated carbocycles. The van der Waals surface area contributed by atoms with Crippen molar-refractivity contribution < 1.29 is 23.4 Å². The summed E-state index contributed by atoms with van der Waals surface area (Å²) in [7, 11) is 0. The molecule has 0 atom stereocenters. The number of primary amides is 1. The number of alkyl halides is 2. The fourth-order valence-electron chi connectivity index (χ4n) is 0.691. The summed E-state index contributed by atoms with van der Waals surface area (Å²) in [6.45, 7) is 5.99. The summed E-state index contributed by atoms with van der Waals surface area (Å²) in [6.07, 6.45) is -0.759. The van der Waals surface area contributed by atoms with Gasteiger partial charge in [-0.1, -0.05) is 0 Å². The van der Waals surface area contributed by atoms with E-state index in [-0.39, 0.29) is 19.4 Å². The molecule has 0 bridgehead atoms. The second-order valence-corrected chi connectivity index (χ2v) is 4.43. The fourth-order valence-corrected chi connectivity index (χ4v) is 0.691. The van der Waals surface area contributed by atoms with E-state index in [1.165, 1.54) is 0 Å². The molecular weight excluding hydrogens is 220 g/mol. The standard InChI is InChI=1S/C5H10F2O.C5H11NO2/c1-5(6,7)3-2-4-8;1-5(2,3)8-4(6)7/h8H,2-4H2,1H3;1-3H3,(H2,6,7). The van der Waals surface area contributed by atoms with Gasteiger partial charge in [-0.25, -0.2) is 13.6 Å². The quantitative estimate of drug-likeness (QED) is 0.796. The second kappa shape index (κ2) is 7.38. The Kier molecular flexibility index (Phi) is 8.06. The Morgan fingerprint density at radius 3 is 1.81 bits per heavy atom. The van der Waals surface area contributed by atoms with Gasteiger partial charge < -0.3 is 15.6 Å². The zero-order chi connectivity index (χ0) is 13.4. The van der Waals surface area contributed by atoms with Crippen LogP contribution in [0.3, 0.4) is 0 Å². The van der Waals surface area contributed by atoms with E-state index in [2.05, 4.69) is 4.74 Å². The number of amides is 1. The molecule has 16 heavy (non-hydrogen) atoms. The highest BCUT2D eigenvalue weighted by Crippen LogP contribution is 2.17. The van der Waals surface area contributed by atoms with Crippen molar-refractivity contribution in [3.63, 3.8) is 0 Å². The van der Waals surface area contributed by atoms with E-state index in [4.69, 9.17) is 10.8 Å². The third kappa shape index (κ3) is 23.2. The highest BCUT2D eigenvalue weighted by atomic mass is 19.3. The lowest BCUT2D eigenvalue weighted by Crippen LogP contribution is -2.27. The van der Waals surface area contributed by atoms with E-state index in [0.29, 0.717) is 0 Å². The zero-order valence-corrected chi connectivity index (χ0v) is 10.2. The minimum absolute atomic E-state index is 0.149. The smallest absolute Gasteiger partial charge is 0.405 e. The number of halogens is 2. The molecule has 1 amide bonds. The Bertz CT molecular complexity index is 197. The zero-order valence-electron chi connectivity index (χ0n) is 10.2. The number of aliphatic hydroxyl groups is 1. The van der Waals surface area contributed by atoms with Crippen molar-refractivity contribution in [3.8, 4) is 0 Å². The van der Waals surface area contributed by atoms with E-state index in [1.807, 2.05) is 0 Å². The molecule has 0 saturated heterocycles. The normalized spacial score (nSPS) is 11.4. The van der Waals surface area contributed by atoms with Crippen LogP contribution in [0.2, 0.25) is 0 Å². The summed E-state index contributed by atoms with van der Waals surface area (Å²) in [5.41, 5.74) is 4.26. The minimum atomic E-state index is -2.61. The third-order valence-corrected chi connectivity index (χ3v) is 1.18. The van der Waals surface area contributed by atoms with Gasteiger partial charge in [0.25, 0.3) is 0 Å². The van der Waals surface area contributed by atoms with E-state index >= 15 is 0 Å². The Morgan fingerprint density at radius 1 is 1.31 bits per heavy atom. The maximum absolute atomic E-state index is 11.8. The van der Waals surface area contributed by atoms with Gasteiger partial charge in [-0.05, 0) is 34.1 Å². The number of nitrogens with two attached hydrogens (primary N) is 1. The number of carbonyl (C=O) groups excluding carboxylic acids is 1. The van der Waals surface area contributed by atoms with Crippen molar-refractivity contribution in [3.05, 3.63) is 0 Å². The van der Waals surface area contributed by atoms with Crippen LogP contribution in [-0.2, 0) is 4.74 Å². The van der Waals surface area contributed by atoms with E-state index in [0.717, 1.165) is 6.92 Å². The first-order valence-electron chi connectivity index (χ1n) is 4.95. The summed E-state index contributed by atoms with van der Waals surface area (Å²) in [5.74, 6) is -2.61. The van der Waals surface area contributed by atoms with Crippen LogP contribution in [-0.4, -0.2) is 29.3 Å². The van der Waals surface area contributed by atoms with Crippen LogP contribution in [0.25, 0.3) is 0 Å². The van der Waals surface area contributed by atoms with E-state index in [1.54, 1.807) is 20.8 Å². The van der Waals surface area contributed by atoms with Crippen LogP contribution in [0.1, 0.15) is 40.5 Å². The molecule has 6 heteroatoms. The Balaban J connectivity index is 0. The largest absolute Gasteiger partial charge is 0.444 e. The maximum atomic E-state index is 11.8. The maximum Gasteiger partial charge on any atom is 0.405 e. The summed E-state index contributed by atoms with van der Waals surface area (Å²) in [6, 6.07) is 0. The first kappa shape index (κ1) is 17.5. The number of carbonyl (C=O) groups is 1. The molecule has 0 aromatic rings. The Morgan fingerprint density at radius 2 is 1.75 bits per heavy atom. The summed E-state index contributed by atoms with van der Waals surface area (Å²) < 4.78 is 28.2. The minimum Gasteiger partial charge on any atom is -0.444 e. The highest BCUT2D eigenvalue weighted by molar-refractivity contribution is 5.65. The van der Waals surface area contributed by atoms with Crippen molar-refractivity contribution in [1.82, 2.24) is 0 Å². The SMILES string of the molecule is CC(C)(C)OC(N)=O.CC(F)(F)CCCO. The third-order valence-electron chi connectivity index (χ3n) is 1.18. The molecule has 0 aromatic heterocycles. The molecule has 98 valence electrons. The number of hydrogen-bond donors (Lipinski definition) is 2. The number of hydrogen-bond acceptors (Lipinski definition) is 3. The van der Waals surface area contributed by atoms with Crippen molar-refractivity contribution in [1.29, 1.82) is 0 Å². The number of ether oxygens (including phenoxy) is 1. The van der Waals surface area contributed by atoms with Crippen LogP contribution in [0.5, 0.6) is 0 Å². The lowest BCUT2D eigenvalue weighted by Gasteiger charge is -2.16. The Labute approximate surface area is 94.8 Å². The van der Waals surface area contributed by atoms with Crippen molar-refractivity contribution in [2.24, 2.45) is 5.73 Å². The summed E-state index contributed by atoms with van der Waals surface area (Å²) in [4.78, 5) is 10.0. The Hall–Kier alpha value is -0.910. The van der Waals surface area contributed by atoms with Crippen molar-refractivity contribution in [2.75, 3.05) is 6.61 Å². The topological polar surface area (TPSA) is 72.5 Å². The molecule has 4 nitrogen and oxygen atoms in total. The molecular formula is C10H21F2NO3. The van der Waals surface area contributed by atoms with Gasteiger partial charge in [0.2, 0.25) is 5.92 Å². The second-order valence-electron chi connectivity index (χ2n) is 4.43.